The molecule has 3 rings (SSSR count). The fourth-order valence-electron chi connectivity index (χ4n) is 2.06. The molecule has 7 heteroatoms. The zero-order valence-corrected chi connectivity index (χ0v) is 11.7. The summed E-state index contributed by atoms with van der Waals surface area (Å²) in [4.78, 5) is 11.9. The number of carbonyl (C=O) groups is 1. The molecule has 0 aromatic heterocycles. The predicted octanol–water partition coefficient (Wildman–Crippen LogP) is 3.52. The van der Waals surface area contributed by atoms with Crippen molar-refractivity contribution in [3.8, 4) is 0 Å². The van der Waals surface area contributed by atoms with Crippen LogP contribution in [0.1, 0.15) is 0 Å². The molecule has 1 atom stereocenters. The van der Waals surface area contributed by atoms with Gasteiger partial charge in [-0.2, -0.15) is 0 Å². The maximum Gasteiger partial charge on any atom is 0.323 e. The zero-order valence-electron chi connectivity index (χ0n) is 10.9. The summed E-state index contributed by atoms with van der Waals surface area (Å²) >= 11 is 4.26. The molecule has 0 saturated heterocycles. The van der Waals surface area contributed by atoms with Gasteiger partial charge in [-0.3, -0.25) is 0 Å². The molecule has 5 nitrogen and oxygen atoms in total. The molecule has 21 heavy (non-hydrogen) atoms. The fourth-order valence-corrected chi connectivity index (χ4v) is 2.34. The Morgan fingerprint density at radius 2 is 1.76 bits per heavy atom. The number of hydrogen-bond acceptors (Lipinski definition) is 4. The monoisotopic (exact) mass is 304 g/mol. The molecule has 0 bridgehead atoms. The van der Waals surface area contributed by atoms with Gasteiger partial charge in [0, 0.05) is 11.4 Å². The van der Waals surface area contributed by atoms with E-state index in [2.05, 4.69) is 33.9 Å². The van der Waals surface area contributed by atoms with Crippen molar-refractivity contribution >= 4 is 41.4 Å². The van der Waals surface area contributed by atoms with Gasteiger partial charge in [-0.25, -0.2) is 9.18 Å². The molecule has 4 N–H and O–H groups in total. The normalized spacial score (nSPS) is 15.6. The number of nitrogens with one attached hydrogen (secondary N) is 4. The molecule has 2 aromatic carbocycles. The minimum Gasteiger partial charge on any atom is -0.355 e. The number of carbonyl (C=O) groups excluding carboxylic acids is 1. The van der Waals surface area contributed by atoms with Gasteiger partial charge in [0.05, 0.1) is 11.4 Å². The average Bonchev–Trinajstić information content (AvgIpc) is 2.78. The maximum absolute atomic E-state index is 13.0. The van der Waals surface area contributed by atoms with Crippen LogP contribution in [0.3, 0.4) is 0 Å². The Hall–Kier alpha value is -2.41. The first-order valence-corrected chi connectivity index (χ1v) is 6.80. The van der Waals surface area contributed by atoms with Gasteiger partial charge in [0.1, 0.15) is 11.3 Å². The van der Waals surface area contributed by atoms with Gasteiger partial charge in [-0.1, -0.05) is 6.07 Å². The van der Waals surface area contributed by atoms with Gasteiger partial charge < -0.3 is 21.3 Å². The van der Waals surface area contributed by atoms with Gasteiger partial charge in [0.25, 0.3) is 0 Å². The van der Waals surface area contributed by atoms with Crippen molar-refractivity contribution in [1.29, 1.82) is 0 Å². The number of urea groups is 1. The number of rotatable bonds is 2. The summed E-state index contributed by atoms with van der Waals surface area (Å²) in [5, 5.41) is 11.5. The Morgan fingerprint density at radius 3 is 2.52 bits per heavy atom. The highest BCUT2D eigenvalue weighted by molar-refractivity contribution is 7.81. The number of benzene rings is 2. The fraction of sp³-hybridized carbons (Fsp3) is 0.0714. The Kier molecular flexibility index (Phi) is 3.57. The van der Waals surface area contributed by atoms with Crippen molar-refractivity contribution in [2.75, 3.05) is 21.3 Å². The zero-order chi connectivity index (χ0) is 14.8. The lowest BCUT2D eigenvalue weighted by atomic mass is 10.2. The Morgan fingerprint density at radius 1 is 1.05 bits per heavy atom. The van der Waals surface area contributed by atoms with Gasteiger partial charge in [0.2, 0.25) is 0 Å². The second kappa shape index (κ2) is 5.53. The SMILES string of the molecule is O=C(Nc1cccc(F)c1)Nc1ccc2c(c1)NC(S)N2. The predicted molar refractivity (Wildman–Crippen MR) is 85.5 cm³/mol. The van der Waals surface area contributed by atoms with Gasteiger partial charge in [-0.05, 0) is 36.4 Å². The van der Waals surface area contributed by atoms with Crippen LogP contribution >= 0.6 is 12.6 Å². The lowest BCUT2D eigenvalue weighted by Crippen LogP contribution is -2.19. The Labute approximate surface area is 126 Å². The van der Waals surface area contributed by atoms with Gasteiger partial charge in [0.15, 0.2) is 0 Å². The standard InChI is InChI=1S/C14H13FN4OS/c15-8-2-1-3-9(6-8)16-13(20)17-10-4-5-11-12(7-10)19-14(21)18-11/h1-7,14,18-19,21H,(H2,16,17,20). The van der Waals surface area contributed by atoms with Crippen LogP contribution in [0, 0.1) is 5.82 Å². The maximum atomic E-state index is 13.0. The molecular formula is C14H13FN4OS. The number of amides is 2. The highest BCUT2D eigenvalue weighted by Crippen LogP contribution is 2.32. The van der Waals surface area contributed by atoms with E-state index in [9.17, 15) is 9.18 Å². The molecule has 0 fully saturated rings. The first-order valence-electron chi connectivity index (χ1n) is 6.29. The van der Waals surface area contributed by atoms with Gasteiger partial charge in [-0.15, -0.1) is 12.6 Å². The minimum absolute atomic E-state index is 0.142. The molecule has 0 saturated carbocycles. The van der Waals surface area contributed by atoms with E-state index < -0.39 is 11.8 Å². The van der Waals surface area contributed by atoms with Crippen molar-refractivity contribution in [2.24, 2.45) is 0 Å². The minimum atomic E-state index is -0.436. The molecule has 1 aliphatic rings. The van der Waals surface area contributed by atoms with E-state index in [1.807, 2.05) is 6.07 Å². The van der Waals surface area contributed by atoms with E-state index in [1.54, 1.807) is 18.2 Å². The summed E-state index contributed by atoms with van der Waals surface area (Å²) in [6.07, 6.45) is 0. The van der Waals surface area contributed by atoms with Crippen LogP contribution in [-0.4, -0.2) is 11.5 Å². The first-order chi connectivity index (χ1) is 10.1. The van der Waals surface area contributed by atoms with Crippen LogP contribution in [0.2, 0.25) is 0 Å². The number of thiol groups is 1. The third kappa shape index (κ3) is 3.19. The quantitative estimate of drug-likeness (QED) is 0.552. The molecule has 0 radical (unpaired) electrons. The van der Waals surface area contributed by atoms with E-state index in [1.165, 1.54) is 18.2 Å². The van der Waals surface area contributed by atoms with Crippen molar-refractivity contribution in [3.05, 3.63) is 48.3 Å². The molecule has 1 heterocycles. The van der Waals surface area contributed by atoms with E-state index in [-0.39, 0.29) is 5.50 Å². The smallest absolute Gasteiger partial charge is 0.323 e. The first kappa shape index (κ1) is 13.6. The summed E-state index contributed by atoms with van der Waals surface area (Å²) in [7, 11) is 0. The van der Waals surface area contributed by atoms with Gasteiger partial charge >= 0.3 is 6.03 Å². The van der Waals surface area contributed by atoms with Crippen LogP contribution in [-0.2, 0) is 0 Å². The molecule has 0 aliphatic carbocycles. The molecule has 2 amide bonds. The summed E-state index contributed by atoms with van der Waals surface area (Å²) in [5.41, 5.74) is 2.66. The molecule has 108 valence electrons. The van der Waals surface area contributed by atoms with Crippen molar-refractivity contribution in [1.82, 2.24) is 0 Å². The third-order valence-electron chi connectivity index (χ3n) is 2.94. The van der Waals surface area contributed by atoms with Crippen molar-refractivity contribution in [3.63, 3.8) is 0 Å². The molecule has 1 unspecified atom stereocenters. The number of halogens is 1. The third-order valence-corrected chi connectivity index (χ3v) is 3.20. The second-order valence-electron chi connectivity index (χ2n) is 4.54. The van der Waals surface area contributed by atoms with E-state index in [0.717, 1.165) is 11.4 Å². The molecule has 2 aromatic rings. The van der Waals surface area contributed by atoms with E-state index in [4.69, 9.17) is 0 Å². The lowest BCUT2D eigenvalue weighted by molar-refractivity contribution is 0.262. The van der Waals surface area contributed by atoms with E-state index in [0.29, 0.717) is 11.4 Å². The van der Waals surface area contributed by atoms with Crippen LogP contribution in [0.15, 0.2) is 42.5 Å². The number of hydrogen-bond donors (Lipinski definition) is 5. The Bertz CT molecular complexity index is 694. The van der Waals surface area contributed by atoms with Crippen LogP contribution in [0.5, 0.6) is 0 Å². The highest BCUT2D eigenvalue weighted by atomic mass is 32.1. The summed E-state index contributed by atoms with van der Waals surface area (Å²) in [5.74, 6) is -0.402. The topological polar surface area (TPSA) is 65.2 Å². The number of anilines is 4. The van der Waals surface area contributed by atoms with Crippen molar-refractivity contribution < 1.29 is 9.18 Å². The van der Waals surface area contributed by atoms with Crippen LogP contribution in [0.25, 0.3) is 0 Å². The Balaban J connectivity index is 1.67. The largest absolute Gasteiger partial charge is 0.355 e. The van der Waals surface area contributed by atoms with E-state index >= 15 is 0 Å². The molecule has 0 spiro atoms. The average molecular weight is 304 g/mol. The number of fused-ring (bicyclic) bond motifs is 1. The summed E-state index contributed by atoms with van der Waals surface area (Å²) < 4.78 is 13.0. The highest BCUT2D eigenvalue weighted by Gasteiger charge is 2.16. The summed E-state index contributed by atoms with van der Waals surface area (Å²) in [6, 6.07) is 10.7. The molecular weight excluding hydrogens is 291 g/mol. The van der Waals surface area contributed by atoms with Crippen LogP contribution < -0.4 is 21.3 Å². The summed E-state index contributed by atoms with van der Waals surface area (Å²) in [6.45, 7) is 0. The lowest BCUT2D eigenvalue weighted by Gasteiger charge is -2.09. The second-order valence-corrected chi connectivity index (χ2v) is 5.06. The molecule has 1 aliphatic heterocycles. The van der Waals surface area contributed by atoms with Crippen molar-refractivity contribution in [2.45, 2.75) is 5.50 Å². The van der Waals surface area contributed by atoms with Crippen LogP contribution in [0.4, 0.5) is 31.9 Å².